The van der Waals surface area contributed by atoms with Crippen molar-refractivity contribution in [2.75, 3.05) is 11.1 Å². The number of aromatic nitrogens is 5. The van der Waals surface area contributed by atoms with Crippen LogP contribution in [0.5, 0.6) is 0 Å². The summed E-state index contributed by atoms with van der Waals surface area (Å²) in [5.74, 6) is -1.03. The lowest BCUT2D eigenvalue weighted by atomic mass is 10.0. The number of anilines is 2. The van der Waals surface area contributed by atoms with Crippen LogP contribution in [0.4, 0.5) is 26.1 Å². The molecule has 30 heavy (non-hydrogen) atoms. The smallest absolute Gasteiger partial charge is 0.268 e. The molecule has 0 radical (unpaired) electrons. The van der Waals surface area contributed by atoms with E-state index in [1.165, 1.54) is 17.0 Å². The van der Waals surface area contributed by atoms with Crippen molar-refractivity contribution in [1.29, 1.82) is 0 Å². The highest BCUT2D eigenvalue weighted by Gasteiger charge is 2.21. The lowest BCUT2D eigenvalue weighted by Crippen LogP contribution is -2.13. The maximum absolute atomic E-state index is 14.6. The molecular weight excluding hydrogens is 414 g/mol. The minimum absolute atomic E-state index is 0.0275. The molecule has 0 fully saturated rings. The van der Waals surface area contributed by atoms with Gasteiger partial charge in [-0.1, -0.05) is 11.6 Å². The number of nitrogen functional groups attached to an aromatic ring is 1. The SMILES string of the molecule is [C-]#[N+]c1c(N)ncnc1N[C@@H](C)c1cc2ncc(Cl)n2nc1-c1cc(F)ccc1F. The number of hydrogen-bond donors (Lipinski definition) is 2. The van der Waals surface area contributed by atoms with Crippen LogP contribution in [0.25, 0.3) is 21.7 Å². The molecule has 1 atom stereocenters. The lowest BCUT2D eigenvalue weighted by Gasteiger charge is -2.19. The third kappa shape index (κ3) is 3.35. The number of halogens is 3. The van der Waals surface area contributed by atoms with Crippen molar-refractivity contribution in [3.63, 3.8) is 0 Å². The summed E-state index contributed by atoms with van der Waals surface area (Å²) < 4.78 is 29.8. The van der Waals surface area contributed by atoms with E-state index in [-0.39, 0.29) is 33.7 Å². The van der Waals surface area contributed by atoms with Crippen molar-refractivity contribution in [2.24, 2.45) is 0 Å². The van der Waals surface area contributed by atoms with Gasteiger partial charge in [0.2, 0.25) is 0 Å². The second-order valence-corrected chi connectivity index (χ2v) is 6.74. The van der Waals surface area contributed by atoms with E-state index >= 15 is 0 Å². The van der Waals surface area contributed by atoms with Crippen LogP contribution in [0.2, 0.25) is 5.15 Å². The van der Waals surface area contributed by atoms with Gasteiger partial charge in [-0.15, -0.1) is 0 Å². The Hall–Kier alpha value is -3.84. The normalized spacial score (nSPS) is 12.0. The zero-order valence-corrected chi connectivity index (χ0v) is 16.2. The average Bonchev–Trinajstić information content (AvgIpc) is 3.09. The number of imidazole rings is 1. The molecule has 4 rings (SSSR count). The second kappa shape index (κ2) is 7.53. The summed E-state index contributed by atoms with van der Waals surface area (Å²) in [6.45, 7) is 9.06. The summed E-state index contributed by atoms with van der Waals surface area (Å²) in [7, 11) is 0. The first-order valence-electron chi connectivity index (χ1n) is 8.63. The molecule has 0 aliphatic heterocycles. The molecule has 0 spiro atoms. The van der Waals surface area contributed by atoms with E-state index in [0.29, 0.717) is 11.2 Å². The Morgan fingerprint density at radius 2 is 2.03 bits per heavy atom. The number of nitrogens with one attached hydrogen (secondary N) is 1. The van der Waals surface area contributed by atoms with E-state index in [0.717, 1.165) is 18.2 Å². The Morgan fingerprint density at radius 1 is 1.23 bits per heavy atom. The van der Waals surface area contributed by atoms with Crippen LogP contribution in [0.15, 0.2) is 36.8 Å². The number of nitrogens with two attached hydrogens (primary N) is 1. The van der Waals surface area contributed by atoms with E-state index < -0.39 is 17.7 Å². The molecule has 3 heterocycles. The molecule has 0 aliphatic rings. The highest BCUT2D eigenvalue weighted by Crippen LogP contribution is 2.34. The lowest BCUT2D eigenvalue weighted by molar-refractivity contribution is 0.602. The average molecular weight is 427 g/mol. The quantitative estimate of drug-likeness (QED) is 0.468. The van der Waals surface area contributed by atoms with Crippen molar-refractivity contribution in [2.45, 2.75) is 13.0 Å². The Labute approximate surface area is 174 Å². The second-order valence-electron chi connectivity index (χ2n) is 6.36. The standard InChI is InChI=1S/C19H13ClF2N8/c1-9(28-19-17(24-2)18(23)26-8-27-19)11-6-15-25-7-14(20)30(15)29-16(11)12-5-10(21)3-4-13(12)22/h3-9H,1H3,(H3,23,26,27,28)/t9-/m0/s1. The summed E-state index contributed by atoms with van der Waals surface area (Å²) in [5.41, 5.74) is 6.82. The van der Waals surface area contributed by atoms with Crippen molar-refractivity contribution in [1.82, 2.24) is 24.6 Å². The Kier molecular flexibility index (Phi) is 4.89. The number of benzene rings is 1. The maximum atomic E-state index is 14.6. The molecule has 3 aromatic heterocycles. The molecule has 0 saturated heterocycles. The first-order chi connectivity index (χ1) is 14.4. The predicted molar refractivity (Wildman–Crippen MR) is 108 cm³/mol. The highest BCUT2D eigenvalue weighted by molar-refractivity contribution is 6.29. The molecule has 150 valence electrons. The minimum Gasteiger partial charge on any atom is -0.392 e. The zero-order valence-electron chi connectivity index (χ0n) is 15.4. The van der Waals surface area contributed by atoms with Crippen molar-refractivity contribution in [3.8, 4) is 11.3 Å². The van der Waals surface area contributed by atoms with Gasteiger partial charge < -0.3 is 11.1 Å². The van der Waals surface area contributed by atoms with Crippen molar-refractivity contribution < 1.29 is 8.78 Å². The molecular formula is C19H13ClF2N8. The van der Waals surface area contributed by atoms with Gasteiger partial charge in [-0.3, -0.25) is 0 Å². The van der Waals surface area contributed by atoms with Gasteiger partial charge in [0.1, 0.15) is 29.6 Å². The molecule has 4 aromatic rings. The van der Waals surface area contributed by atoms with Gasteiger partial charge in [0, 0.05) is 11.1 Å². The third-order valence-corrected chi connectivity index (χ3v) is 4.70. The van der Waals surface area contributed by atoms with Crippen LogP contribution in [-0.2, 0) is 0 Å². The van der Waals surface area contributed by atoms with Crippen molar-refractivity contribution in [3.05, 3.63) is 70.6 Å². The molecule has 11 heteroatoms. The fraction of sp³-hybridized carbons (Fsp3) is 0.105. The zero-order chi connectivity index (χ0) is 21.4. The van der Waals surface area contributed by atoms with Gasteiger partial charge >= 0.3 is 0 Å². The van der Waals surface area contributed by atoms with Crippen LogP contribution in [-0.4, -0.2) is 24.6 Å². The number of rotatable bonds is 4. The molecule has 0 amide bonds. The van der Waals surface area contributed by atoms with E-state index in [1.54, 1.807) is 13.0 Å². The monoisotopic (exact) mass is 426 g/mol. The summed E-state index contributed by atoms with van der Waals surface area (Å²) in [4.78, 5) is 15.4. The summed E-state index contributed by atoms with van der Waals surface area (Å²) >= 11 is 6.11. The summed E-state index contributed by atoms with van der Waals surface area (Å²) in [6.07, 6.45) is 2.63. The van der Waals surface area contributed by atoms with Crippen LogP contribution < -0.4 is 11.1 Å². The molecule has 1 aromatic carbocycles. The number of nitrogens with zero attached hydrogens (tertiary/aromatic N) is 6. The fourth-order valence-corrected chi connectivity index (χ4v) is 3.18. The van der Waals surface area contributed by atoms with Gasteiger partial charge in [0.15, 0.2) is 10.8 Å². The van der Waals surface area contributed by atoms with Crippen LogP contribution >= 0.6 is 11.6 Å². The van der Waals surface area contributed by atoms with Crippen LogP contribution in [0, 0.1) is 18.2 Å². The largest absolute Gasteiger partial charge is 0.392 e. The van der Waals surface area contributed by atoms with E-state index in [1.807, 2.05) is 0 Å². The number of hydrogen-bond acceptors (Lipinski definition) is 6. The summed E-state index contributed by atoms with van der Waals surface area (Å²) in [5, 5.41) is 7.67. The predicted octanol–water partition coefficient (Wildman–Crippen LogP) is 4.42. The Balaban J connectivity index is 1.88. The topological polar surface area (TPSA) is 98.4 Å². The Bertz CT molecular complexity index is 1310. The molecule has 3 N–H and O–H groups in total. The van der Waals surface area contributed by atoms with E-state index in [9.17, 15) is 8.78 Å². The van der Waals surface area contributed by atoms with Gasteiger partial charge in [0.25, 0.3) is 5.69 Å². The molecule has 0 saturated carbocycles. The first kappa shape index (κ1) is 19.5. The van der Waals surface area contributed by atoms with Gasteiger partial charge in [-0.2, -0.15) is 5.10 Å². The number of fused-ring (bicyclic) bond motifs is 1. The molecule has 0 unspecified atom stereocenters. The molecule has 0 bridgehead atoms. The van der Waals surface area contributed by atoms with Crippen LogP contribution in [0.1, 0.15) is 18.5 Å². The first-order valence-corrected chi connectivity index (χ1v) is 9.01. The van der Waals surface area contributed by atoms with Gasteiger partial charge in [0.05, 0.1) is 24.5 Å². The van der Waals surface area contributed by atoms with E-state index in [4.69, 9.17) is 23.9 Å². The third-order valence-electron chi connectivity index (χ3n) is 4.45. The maximum Gasteiger partial charge on any atom is 0.268 e. The van der Waals surface area contributed by atoms with Gasteiger partial charge in [-0.25, -0.2) is 33.1 Å². The van der Waals surface area contributed by atoms with Gasteiger partial charge in [-0.05, 0) is 31.2 Å². The molecule has 8 nitrogen and oxygen atoms in total. The van der Waals surface area contributed by atoms with Crippen molar-refractivity contribution >= 4 is 34.6 Å². The van der Waals surface area contributed by atoms with Crippen LogP contribution in [0.3, 0.4) is 0 Å². The summed E-state index contributed by atoms with van der Waals surface area (Å²) in [6, 6.07) is 4.21. The minimum atomic E-state index is -0.652. The van der Waals surface area contributed by atoms with E-state index in [2.05, 4.69) is 30.2 Å². The fourth-order valence-electron chi connectivity index (χ4n) is 3.01. The highest BCUT2D eigenvalue weighted by atomic mass is 35.5. The Morgan fingerprint density at radius 3 is 2.80 bits per heavy atom. The molecule has 0 aliphatic carbocycles.